The topological polar surface area (TPSA) is 46.5 Å². The molecule has 3 nitrogen and oxygen atoms in total. The van der Waals surface area contributed by atoms with Crippen LogP contribution < -0.4 is 4.74 Å². The predicted molar refractivity (Wildman–Crippen MR) is 103 cm³/mol. The maximum atomic E-state index is 12.3. The van der Waals surface area contributed by atoms with E-state index in [0.717, 1.165) is 5.57 Å². The highest BCUT2D eigenvalue weighted by molar-refractivity contribution is 6.37. The Kier molecular flexibility index (Phi) is 6.68. The van der Waals surface area contributed by atoms with E-state index < -0.39 is 0 Å². The molecular weight excluding hydrogens is 359 g/mol. The lowest BCUT2D eigenvalue weighted by Gasteiger charge is -2.07. The van der Waals surface area contributed by atoms with E-state index in [4.69, 9.17) is 27.9 Å². The minimum absolute atomic E-state index is 0.144. The number of hydrogen-bond acceptors (Lipinski definition) is 3. The Labute approximate surface area is 157 Å². The number of carbonyl (C=O) groups is 1. The first-order valence-corrected chi connectivity index (χ1v) is 8.39. The molecule has 130 valence electrons. The van der Waals surface area contributed by atoms with Gasteiger partial charge in [0.05, 0.1) is 5.56 Å². The molecule has 0 aliphatic carbocycles. The third-order valence-electron chi connectivity index (χ3n) is 3.38. The molecule has 0 spiro atoms. The van der Waals surface area contributed by atoms with Crippen LogP contribution in [0.2, 0.25) is 10.0 Å². The summed E-state index contributed by atoms with van der Waals surface area (Å²) in [7, 11) is 0. The van der Waals surface area contributed by atoms with Gasteiger partial charge in [-0.15, -0.1) is 0 Å². The van der Waals surface area contributed by atoms with Gasteiger partial charge in [0.2, 0.25) is 0 Å². The van der Waals surface area contributed by atoms with Gasteiger partial charge in [-0.2, -0.15) is 0 Å². The van der Waals surface area contributed by atoms with E-state index in [-0.39, 0.29) is 17.1 Å². The van der Waals surface area contributed by atoms with Crippen molar-refractivity contribution in [3.8, 4) is 11.5 Å². The first-order valence-electron chi connectivity index (χ1n) is 7.64. The molecule has 0 aromatic heterocycles. The van der Waals surface area contributed by atoms with E-state index in [0.29, 0.717) is 28.0 Å². The highest BCUT2D eigenvalue weighted by Crippen LogP contribution is 2.27. The molecule has 0 saturated heterocycles. The summed E-state index contributed by atoms with van der Waals surface area (Å²) in [5.74, 6) is -0.0105. The standard InChI is InChI=1S/C20H18Cl2O3/c1-13(2)10-11-25-14-6-7-16(20(24)12-14)19(23)9-8-15-17(21)4-3-5-18(15)22/h3-10,12,24H,11H2,1-2H3. The largest absolute Gasteiger partial charge is 0.507 e. The van der Waals surface area contributed by atoms with Crippen LogP contribution in [-0.2, 0) is 0 Å². The second-order valence-electron chi connectivity index (χ2n) is 5.60. The van der Waals surface area contributed by atoms with Gasteiger partial charge in [0, 0.05) is 21.7 Å². The van der Waals surface area contributed by atoms with Crippen molar-refractivity contribution >= 4 is 35.1 Å². The zero-order chi connectivity index (χ0) is 18.4. The Morgan fingerprint density at radius 3 is 2.44 bits per heavy atom. The van der Waals surface area contributed by atoms with E-state index in [1.807, 2.05) is 19.9 Å². The van der Waals surface area contributed by atoms with Gasteiger partial charge in [0.1, 0.15) is 18.1 Å². The average molecular weight is 377 g/mol. The number of allylic oxidation sites excluding steroid dienone is 2. The lowest BCUT2D eigenvalue weighted by atomic mass is 10.1. The summed E-state index contributed by atoms with van der Waals surface area (Å²) in [4.78, 5) is 12.3. The summed E-state index contributed by atoms with van der Waals surface area (Å²) in [6, 6.07) is 9.68. The summed E-state index contributed by atoms with van der Waals surface area (Å²) in [5.41, 5.74) is 1.87. The Hall–Kier alpha value is -2.23. The van der Waals surface area contributed by atoms with Crippen molar-refractivity contribution in [2.45, 2.75) is 13.8 Å². The van der Waals surface area contributed by atoms with Crippen molar-refractivity contribution in [1.82, 2.24) is 0 Å². The highest BCUT2D eigenvalue weighted by atomic mass is 35.5. The van der Waals surface area contributed by atoms with Gasteiger partial charge in [0.15, 0.2) is 5.78 Å². The van der Waals surface area contributed by atoms with Crippen molar-refractivity contribution < 1.29 is 14.6 Å². The quantitative estimate of drug-likeness (QED) is 0.385. The monoisotopic (exact) mass is 376 g/mol. The molecule has 25 heavy (non-hydrogen) atoms. The Morgan fingerprint density at radius 1 is 1.16 bits per heavy atom. The molecule has 0 bridgehead atoms. The number of hydrogen-bond donors (Lipinski definition) is 1. The van der Waals surface area contributed by atoms with Crippen LogP contribution in [0.5, 0.6) is 11.5 Å². The molecule has 0 atom stereocenters. The number of phenols is 1. The van der Waals surface area contributed by atoms with Crippen LogP contribution in [0.1, 0.15) is 29.8 Å². The lowest BCUT2D eigenvalue weighted by Crippen LogP contribution is -1.98. The number of benzene rings is 2. The maximum Gasteiger partial charge on any atom is 0.189 e. The van der Waals surface area contributed by atoms with Crippen molar-refractivity contribution in [2.24, 2.45) is 0 Å². The Balaban J connectivity index is 2.14. The third-order valence-corrected chi connectivity index (χ3v) is 4.04. The SMILES string of the molecule is CC(C)=CCOc1ccc(C(=O)C=Cc2c(Cl)cccc2Cl)c(O)c1. The Bertz CT molecular complexity index is 815. The number of ketones is 1. The van der Waals surface area contributed by atoms with E-state index >= 15 is 0 Å². The molecule has 2 aromatic carbocycles. The fourth-order valence-corrected chi connectivity index (χ4v) is 2.56. The van der Waals surface area contributed by atoms with Crippen LogP contribution in [-0.4, -0.2) is 17.5 Å². The summed E-state index contributed by atoms with van der Waals surface area (Å²) in [6.45, 7) is 4.35. The normalized spacial score (nSPS) is 10.7. The van der Waals surface area contributed by atoms with Gasteiger partial charge in [-0.3, -0.25) is 4.79 Å². The highest BCUT2D eigenvalue weighted by Gasteiger charge is 2.10. The summed E-state index contributed by atoms with van der Waals surface area (Å²) < 4.78 is 5.49. The second kappa shape index (κ2) is 8.75. The molecule has 2 aromatic rings. The molecule has 0 aliphatic rings. The molecule has 0 heterocycles. The predicted octanol–water partition coefficient (Wildman–Crippen LogP) is 5.94. The molecule has 0 saturated carbocycles. The van der Waals surface area contributed by atoms with Gasteiger partial charge in [-0.25, -0.2) is 0 Å². The molecule has 5 heteroatoms. The molecular formula is C20H18Cl2O3. The van der Waals surface area contributed by atoms with E-state index in [2.05, 4.69) is 0 Å². The number of carbonyl (C=O) groups excluding carboxylic acids is 1. The van der Waals surface area contributed by atoms with Crippen LogP contribution in [0.3, 0.4) is 0 Å². The number of ether oxygens (including phenoxy) is 1. The van der Waals surface area contributed by atoms with Crippen LogP contribution in [0.15, 0.2) is 54.1 Å². The first-order chi connectivity index (χ1) is 11.9. The molecule has 0 radical (unpaired) electrons. The first kappa shape index (κ1) is 19.1. The number of rotatable bonds is 6. The van der Waals surface area contributed by atoms with Crippen molar-refractivity contribution in [3.05, 3.63) is 75.3 Å². The molecule has 0 aliphatic heterocycles. The summed E-state index contributed by atoms with van der Waals surface area (Å²) in [6.07, 6.45) is 4.78. The van der Waals surface area contributed by atoms with Crippen LogP contribution >= 0.6 is 23.2 Å². The van der Waals surface area contributed by atoms with Crippen molar-refractivity contribution in [3.63, 3.8) is 0 Å². The van der Waals surface area contributed by atoms with E-state index in [1.54, 1.807) is 24.3 Å². The fourth-order valence-electron chi connectivity index (χ4n) is 2.03. The Morgan fingerprint density at radius 2 is 1.84 bits per heavy atom. The lowest BCUT2D eigenvalue weighted by molar-refractivity contribution is 0.104. The van der Waals surface area contributed by atoms with Gasteiger partial charge >= 0.3 is 0 Å². The fraction of sp³-hybridized carbons (Fsp3) is 0.150. The zero-order valence-electron chi connectivity index (χ0n) is 13.9. The minimum Gasteiger partial charge on any atom is -0.507 e. The number of aromatic hydroxyl groups is 1. The molecule has 1 N–H and O–H groups in total. The summed E-state index contributed by atoms with van der Waals surface area (Å²) in [5, 5.41) is 11.0. The van der Waals surface area contributed by atoms with Gasteiger partial charge in [-0.1, -0.05) is 34.8 Å². The minimum atomic E-state index is -0.357. The maximum absolute atomic E-state index is 12.3. The number of phenolic OH excluding ortho intramolecular Hbond substituents is 1. The second-order valence-corrected chi connectivity index (χ2v) is 6.42. The van der Waals surface area contributed by atoms with Crippen LogP contribution in [0.25, 0.3) is 6.08 Å². The molecule has 2 rings (SSSR count). The van der Waals surface area contributed by atoms with Gasteiger partial charge in [-0.05, 0) is 56.3 Å². The smallest absolute Gasteiger partial charge is 0.189 e. The molecule has 0 amide bonds. The molecule has 0 fully saturated rings. The number of halogens is 2. The third kappa shape index (κ3) is 5.38. The van der Waals surface area contributed by atoms with Crippen molar-refractivity contribution in [1.29, 1.82) is 0 Å². The zero-order valence-corrected chi connectivity index (χ0v) is 15.4. The van der Waals surface area contributed by atoms with Gasteiger partial charge < -0.3 is 9.84 Å². The van der Waals surface area contributed by atoms with Crippen LogP contribution in [0, 0.1) is 0 Å². The van der Waals surface area contributed by atoms with E-state index in [9.17, 15) is 9.90 Å². The summed E-state index contributed by atoms with van der Waals surface area (Å²) >= 11 is 12.1. The van der Waals surface area contributed by atoms with Crippen LogP contribution in [0.4, 0.5) is 0 Å². The van der Waals surface area contributed by atoms with E-state index in [1.165, 1.54) is 24.3 Å². The molecule has 0 unspecified atom stereocenters. The van der Waals surface area contributed by atoms with Crippen molar-refractivity contribution in [2.75, 3.05) is 6.61 Å². The van der Waals surface area contributed by atoms with Gasteiger partial charge in [0.25, 0.3) is 0 Å². The average Bonchev–Trinajstić information content (AvgIpc) is 2.54.